The number of amides is 1. The zero-order chi connectivity index (χ0) is 22.0. The lowest BCUT2D eigenvalue weighted by atomic mass is 9.87. The molecule has 0 saturated carbocycles. The number of fused-ring (bicyclic) bond motifs is 1. The standard InChI is InChI=1S/C24H23FN2O3S/c1-27(20-14-12-19(25)13-15-20)31(29,30)21-9-4-8-18(16-21)24(28)26-23-11-5-7-17-6-2-3-10-22(17)23/h2-4,6,8-10,12-16,23H,5,7,11H2,1H3,(H,26,28)/t23-/m1/s1. The highest BCUT2D eigenvalue weighted by Gasteiger charge is 2.25. The summed E-state index contributed by atoms with van der Waals surface area (Å²) in [5.74, 6) is -0.763. The van der Waals surface area contributed by atoms with Crippen LogP contribution < -0.4 is 9.62 Å². The number of benzene rings is 3. The van der Waals surface area contributed by atoms with Crippen molar-refractivity contribution in [2.75, 3.05) is 11.4 Å². The highest BCUT2D eigenvalue weighted by molar-refractivity contribution is 7.92. The minimum atomic E-state index is -3.91. The van der Waals surface area contributed by atoms with Crippen LogP contribution in [-0.2, 0) is 16.4 Å². The van der Waals surface area contributed by atoms with Crippen molar-refractivity contribution < 1.29 is 17.6 Å². The zero-order valence-electron chi connectivity index (χ0n) is 17.1. The van der Waals surface area contributed by atoms with E-state index in [0.717, 1.165) is 29.1 Å². The van der Waals surface area contributed by atoms with Crippen LogP contribution in [0.1, 0.15) is 40.4 Å². The third kappa shape index (κ3) is 4.32. The van der Waals surface area contributed by atoms with Crippen molar-refractivity contribution in [1.29, 1.82) is 0 Å². The molecule has 3 aromatic carbocycles. The highest BCUT2D eigenvalue weighted by Crippen LogP contribution is 2.30. The molecule has 160 valence electrons. The molecule has 3 aromatic rings. The number of aryl methyl sites for hydroxylation is 1. The normalized spacial score (nSPS) is 15.7. The lowest BCUT2D eigenvalue weighted by Crippen LogP contribution is -2.31. The Morgan fingerprint density at radius 1 is 1.03 bits per heavy atom. The third-order valence-corrected chi connectivity index (χ3v) is 7.40. The fraction of sp³-hybridized carbons (Fsp3) is 0.208. The van der Waals surface area contributed by atoms with Gasteiger partial charge in [0.15, 0.2) is 0 Å². The van der Waals surface area contributed by atoms with Crippen molar-refractivity contribution in [3.8, 4) is 0 Å². The third-order valence-electron chi connectivity index (χ3n) is 5.62. The molecule has 31 heavy (non-hydrogen) atoms. The number of carbonyl (C=O) groups excluding carboxylic acids is 1. The fourth-order valence-corrected chi connectivity index (χ4v) is 5.13. The number of sulfonamides is 1. The van der Waals surface area contributed by atoms with E-state index in [-0.39, 0.29) is 22.4 Å². The predicted molar refractivity (Wildman–Crippen MR) is 118 cm³/mol. The van der Waals surface area contributed by atoms with E-state index in [1.54, 1.807) is 12.1 Å². The number of nitrogens with zero attached hydrogens (tertiary/aromatic N) is 1. The first kappa shape index (κ1) is 21.1. The number of rotatable bonds is 5. The van der Waals surface area contributed by atoms with Gasteiger partial charge in [-0.05, 0) is 72.9 Å². The van der Waals surface area contributed by atoms with E-state index >= 15 is 0 Å². The van der Waals surface area contributed by atoms with Gasteiger partial charge in [0.05, 0.1) is 16.6 Å². The quantitative estimate of drug-likeness (QED) is 0.640. The van der Waals surface area contributed by atoms with E-state index < -0.39 is 15.8 Å². The van der Waals surface area contributed by atoms with Gasteiger partial charge in [-0.3, -0.25) is 9.10 Å². The molecule has 1 atom stereocenters. The lowest BCUT2D eigenvalue weighted by Gasteiger charge is -2.26. The monoisotopic (exact) mass is 438 g/mol. The van der Waals surface area contributed by atoms with Crippen LogP contribution >= 0.6 is 0 Å². The van der Waals surface area contributed by atoms with Gasteiger partial charge in [0.25, 0.3) is 15.9 Å². The van der Waals surface area contributed by atoms with E-state index in [9.17, 15) is 17.6 Å². The predicted octanol–water partition coefficient (Wildman–Crippen LogP) is 4.46. The Balaban J connectivity index is 1.57. The molecule has 1 aliphatic carbocycles. The molecule has 0 fully saturated rings. The Bertz CT molecular complexity index is 1210. The summed E-state index contributed by atoms with van der Waals surface area (Å²) in [5, 5.41) is 3.05. The van der Waals surface area contributed by atoms with E-state index in [4.69, 9.17) is 0 Å². The van der Waals surface area contributed by atoms with E-state index in [0.29, 0.717) is 5.69 Å². The molecular weight excluding hydrogens is 415 g/mol. The Labute approximate surface area is 181 Å². The molecule has 0 aliphatic heterocycles. The molecule has 0 saturated heterocycles. The van der Waals surface area contributed by atoms with E-state index in [1.165, 1.54) is 49.0 Å². The van der Waals surface area contributed by atoms with Crippen molar-refractivity contribution in [3.63, 3.8) is 0 Å². The van der Waals surface area contributed by atoms with Crippen molar-refractivity contribution in [1.82, 2.24) is 5.32 Å². The van der Waals surface area contributed by atoms with Crippen LogP contribution in [0.3, 0.4) is 0 Å². The molecule has 0 aromatic heterocycles. The van der Waals surface area contributed by atoms with Crippen molar-refractivity contribution >= 4 is 21.6 Å². The molecule has 0 radical (unpaired) electrons. The van der Waals surface area contributed by atoms with Gasteiger partial charge < -0.3 is 5.32 Å². The van der Waals surface area contributed by atoms with Gasteiger partial charge in [0.2, 0.25) is 0 Å². The fourth-order valence-electron chi connectivity index (χ4n) is 3.89. The first-order valence-electron chi connectivity index (χ1n) is 10.1. The molecule has 0 heterocycles. The van der Waals surface area contributed by atoms with Gasteiger partial charge in [-0.25, -0.2) is 12.8 Å². The molecule has 7 heteroatoms. The maximum atomic E-state index is 13.2. The molecule has 4 rings (SSSR count). The minimum absolute atomic E-state index is 0.00369. The molecular formula is C24H23FN2O3S. The summed E-state index contributed by atoms with van der Waals surface area (Å²) in [6, 6.07) is 19.1. The van der Waals surface area contributed by atoms with Gasteiger partial charge in [0, 0.05) is 12.6 Å². The summed E-state index contributed by atoms with van der Waals surface area (Å²) in [5.41, 5.74) is 2.95. The Morgan fingerprint density at radius 2 is 1.77 bits per heavy atom. The first-order valence-corrected chi connectivity index (χ1v) is 11.5. The number of carbonyl (C=O) groups is 1. The van der Waals surface area contributed by atoms with Gasteiger partial charge in [-0.15, -0.1) is 0 Å². The van der Waals surface area contributed by atoms with Crippen LogP contribution in [0.5, 0.6) is 0 Å². The van der Waals surface area contributed by atoms with Crippen LogP contribution in [0, 0.1) is 5.82 Å². The molecule has 0 spiro atoms. The maximum Gasteiger partial charge on any atom is 0.264 e. The van der Waals surface area contributed by atoms with Gasteiger partial charge >= 0.3 is 0 Å². The summed E-state index contributed by atoms with van der Waals surface area (Å²) in [4.78, 5) is 12.9. The Hall–Kier alpha value is -3.19. The van der Waals surface area contributed by atoms with E-state index in [1.807, 2.05) is 18.2 Å². The van der Waals surface area contributed by atoms with Crippen molar-refractivity contribution in [3.05, 3.63) is 95.3 Å². The number of hydrogen-bond acceptors (Lipinski definition) is 3. The first-order chi connectivity index (χ1) is 14.9. The van der Waals surface area contributed by atoms with Crippen molar-refractivity contribution in [2.45, 2.75) is 30.2 Å². The molecule has 1 aliphatic rings. The van der Waals surface area contributed by atoms with Crippen LogP contribution in [-0.4, -0.2) is 21.4 Å². The smallest absolute Gasteiger partial charge is 0.264 e. The number of hydrogen-bond donors (Lipinski definition) is 1. The summed E-state index contributed by atoms with van der Waals surface area (Å²) < 4.78 is 40.3. The Kier molecular flexibility index (Phi) is 5.78. The van der Waals surface area contributed by atoms with Gasteiger partial charge in [0.1, 0.15) is 5.82 Å². The minimum Gasteiger partial charge on any atom is -0.345 e. The average Bonchev–Trinajstić information content (AvgIpc) is 2.79. The summed E-state index contributed by atoms with van der Waals surface area (Å²) in [7, 11) is -2.51. The zero-order valence-corrected chi connectivity index (χ0v) is 17.9. The van der Waals surface area contributed by atoms with Gasteiger partial charge in [-0.2, -0.15) is 0 Å². The summed E-state index contributed by atoms with van der Waals surface area (Å²) in [6.07, 6.45) is 2.82. The summed E-state index contributed by atoms with van der Waals surface area (Å²) in [6.45, 7) is 0. The molecule has 0 unspecified atom stereocenters. The molecule has 0 bridgehead atoms. The number of anilines is 1. The summed E-state index contributed by atoms with van der Waals surface area (Å²) >= 11 is 0. The van der Waals surface area contributed by atoms with Crippen molar-refractivity contribution in [2.24, 2.45) is 0 Å². The Morgan fingerprint density at radius 3 is 2.55 bits per heavy atom. The van der Waals surface area contributed by atoms with Crippen LogP contribution in [0.25, 0.3) is 0 Å². The molecule has 5 nitrogen and oxygen atoms in total. The van der Waals surface area contributed by atoms with Crippen LogP contribution in [0.4, 0.5) is 10.1 Å². The number of halogens is 1. The SMILES string of the molecule is CN(c1ccc(F)cc1)S(=O)(=O)c1cccc(C(=O)N[C@@H]2CCCc3ccccc32)c1. The highest BCUT2D eigenvalue weighted by atomic mass is 32.2. The maximum absolute atomic E-state index is 13.2. The second kappa shape index (κ2) is 8.51. The largest absolute Gasteiger partial charge is 0.345 e. The van der Waals surface area contributed by atoms with Gasteiger partial charge in [-0.1, -0.05) is 30.3 Å². The topological polar surface area (TPSA) is 66.5 Å². The van der Waals surface area contributed by atoms with Crippen LogP contribution in [0.2, 0.25) is 0 Å². The van der Waals surface area contributed by atoms with Crippen LogP contribution in [0.15, 0.2) is 77.7 Å². The van der Waals surface area contributed by atoms with E-state index in [2.05, 4.69) is 11.4 Å². The number of nitrogens with one attached hydrogen (secondary N) is 1. The second-order valence-electron chi connectivity index (χ2n) is 7.59. The second-order valence-corrected chi connectivity index (χ2v) is 9.56. The average molecular weight is 439 g/mol. The molecule has 1 N–H and O–H groups in total. The lowest BCUT2D eigenvalue weighted by molar-refractivity contribution is 0.0932. The molecule has 1 amide bonds.